The summed E-state index contributed by atoms with van der Waals surface area (Å²) >= 11 is 0. The molecule has 0 saturated heterocycles. The Morgan fingerprint density at radius 2 is 2.25 bits per heavy atom. The molecule has 1 N–H and O–H groups in total. The van der Waals surface area contributed by atoms with Gasteiger partial charge in [-0.15, -0.1) is 0 Å². The minimum Gasteiger partial charge on any atom is -0.494 e. The Bertz CT molecular complexity index is 350. The normalized spacial score (nSPS) is 15.1. The highest BCUT2D eigenvalue weighted by Gasteiger charge is 2.19. The summed E-state index contributed by atoms with van der Waals surface area (Å²) in [5.74, 6) is 0.0509. The Labute approximate surface area is 95.8 Å². The number of nitrogens with one attached hydrogen (secondary N) is 1. The highest BCUT2D eigenvalue weighted by Crippen LogP contribution is 2.20. The van der Waals surface area contributed by atoms with Crippen molar-refractivity contribution in [3.8, 4) is 5.75 Å². The number of methoxy groups -OCH3 is 1. The molecule has 0 aromatic heterocycles. The summed E-state index contributed by atoms with van der Waals surface area (Å²) < 4.78 is 18.2. The smallest absolute Gasteiger partial charge is 0.165 e. The van der Waals surface area contributed by atoms with Gasteiger partial charge in [0.25, 0.3) is 0 Å². The van der Waals surface area contributed by atoms with Crippen molar-refractivity contribution in [2.75, 3.05) is 13.7 Å². The van der Waals surface area contributed by atoms with Crippen LogP contribution in [0.25, 0.3) is 0 Å². The zero-order chi connectivity index (χ0) is 11.4. The second-order valence-corrected chi connectivity index (χ2v) is 4.30. The molecule has 0 heterocycles. The molecule has 0 aliphatic heterocycles. The molecular formula is C13H18FNO. The summed E-state index contributed by atoms with van der Waals surface area (Å²) in [6.07, 6.45) is 4.61. The maximum Gasteiger partial charge on any atom is 0.165 e. The van der Waals surface area contributed by atoms with Crippen LogP contribution in [0.4, 0.5) is 4.39 Å². The molecule has 1 aliphatic carbocycles. The molecule has 1 fully saturated rings. The first-order valence-corrected chi connectivity index (χ1v) is 5.85. The van der Waals surface area contributed by atoms with Crippen LogP contribution in [-0.4, -0.2) is 19.7 Å². The number of ether oxygens (including phenoxy) is 1. The molecule has 2 nitrogen and oxygen atoms in total. The van der Waals surface area contributed by atoms with Gasteiger partial charge in [-0.3, -0.25) is 0 Å². The quantitative estimate of drug-likeness (QED) is 0.748. The van der Waals surface area contributed by atoms with Crippen molar-refractivity contribution in [1.82, 2.24) is 5.32 Å². The van der Waals surface area contributed by atoms with Crippen LogP contribution in [0.5, 0.6) is 5.75 Å². The molecule has 1 aromatic carbocycles. The van der Waals surface area contributed by atoms with Crippen molar-refractivity contribution in [3.63, 3.8) is 0 Å². The Hall–Kier alpha value is -1.09. The van der Waals surface area contributed by atoms with E-state index in [1.165, 1.54) is 20.0 Å². The summed E-state index contributed by atoms with van der Waals surface area (Å²) in [6.45, 7) is 1.03. The van der Waals surface area contributed by atoms with Crippen molar-refractivity contribution < 1.29 is 9.13 Å². The summed E-state index contributed by atoms with van der Waals surface area (Å²) in [5, 5.41) is 3.45. The van der Waals surface area contributed by atoms with Gasteiger partial charge >= 0.3 is 0 Å². The minimum atomic E-state index is -0.268. The number of benzene rings is 1. The third kappa shape index (κ3) is 3.20. The van der Waals surface area contributed by atoms with E-state index in [4.69, 9.17) is 4.74 Å². The van der Waals surface area contributed by atoms with Gasteiger partial charge in [0, 0.05) is 6.04 Å². The molecular weight excluding hydrogens is 205 g/mol. The lowest BCUT2D eigenvalue weighted by Crippen LogP contribution is -2.17. The zero-order valence-electron chi connectivity index (χ0n) is 9.63. The lowest BCUT2D eigenvalue weighted by molar-refractivity contribution is 0.386. The molecule has 0 radical (unpaired) electrons. The second-order valence-electron chi connectivity index (χ2n) is 4.30. The topological polar surface area (TPSA) is 21.3 Å². The fourth-order valence-corrected chi connectivity index (χ4v) is 1.75. The summed E-state index contributed by atoms with van der Waals surface area (Å²) in [5.41, 5.74) is 1.04. The van der Waals surface area contributed by atoms with Gasteiger partial charge in [-0.25, -0.2) is 4.39 Å². The van der Waals surface area contributed by atoms with Gasteiger partial charge < -0.3 is 10.1 Å². The predicted molar refractivity (Wildman–Crippen MR) is 62.3 cm³/mol. The molecule has 0 spiro atoms. The van der Waals surface area contributed by atoms with Crippen LogP contribution in [0, 0.1) is 5.82 Å². The summed E-state index contributed by atoms with van der Waals surface area (Å²) in [6, 6.07) is 5.95. The Kier molecular flexibility index (Phi) is 3.78. The average Bonchev–Trinajstić information content (AvgIpc) is 3.08. The first kappa shape index (κ1) is 11.4. The van der Waals surface area contributed by atoms with E-state index in [1.807, 2.05) is 6.07 Å². The van der Waals surface area contributed by atoms with Crippen molar-refractivity contribution >= 4 is 0 Å². The van der Waals surface area contributed by atoms with Gasteiger partial charge in [-0.2, -0.15) is 0 Å². The molecule has 0 atom stereocenters. The van der Waals surface area contributed by atoms with Crippen LogP contribution in [0.1, 0.15) is 24.8 Å². The van der Waals surface area contributed by atoms with Gasteiger partial charge in [0.15, 0.2) is 11.6 Å². The van der Waals surface area contributed by atoms with E-state index in [2.05, 4.69) is 5.32 Å². The highest BCUT2D eigenvalue weighted by molar-refractivity contribution is 5.29. The first-order valence-electron chi connectivity index (χ1n) is 5.85. The van der Waals surface area contributed by atoms with E-state index >= 15 is 0 Å². The van der Waals surface area contributed by atoms with Gasteiger partial charge in [0.2, 0.25) is 0 Å². The standard InChI is InChI=1S/C13H18FNO/c1-16-13-7-4-10(9-12(13)14)3-2-8-15-11-5-6-11/h4,7,9,11,15H,2-3,5-6,8H2,1H3. The predicted octanol–water partition coefficient (Wildman–Crippen LogP) is 2.52. The largest absolute Gasteiger partial charge is 0.494 e. The van der Waals surface area contributed by atoms with Crippen molar-refractivity contribution in [2.45, 2.75) is 31.7 Å². The van der Waals surface area contributed by atoms with E-state index in [0.29, 0.717) is 5.75 Å². The van der Waals surface area contributed by atoms with Gasteiger partial charge in [-0.05, 0) is 49.9 Å². The Morgan fingerprint density at radius 1 is 1.44 bits per heavy atom. The molecule has 1 saturated carbocycles. The van der Waals surface area contributed by atoms with Crippen LogP contribution in [0.2, 0.25) is 0 Å². The summed E-state index contributed by atoms with van der Waals surface area (Å²) in [7, 11) is 1.48. The van der Waals surface area contributed by atoms with E-state index in [1.54, 1.807) is 12.1 Å². The maximum atomic E-state index is 13.4. The monoisotopic (exact) mass is 223 g/mol. The molecule has 0 unspecified atom stereocenters. The van der Waals surface area contributed by atoms with Crippen molar-refractivity contribution in [1.29, 1.82) is 0 Å². The number of aryl methyl sites for hydroxylation is 1. The van der Waals surface area contributed by atoms with Crippen molar-refractivity contribution in [3.05, 3.63) is 29.6 Å². The van der Waals surface area contributed by atoms with E-state index in [-0.39, 0.29) is 5.82 Å². The minimum absolute atomic E-state index is 0.268. The van der Waals surface area contributed by atoms with Crippen LogP contribution in [-0.2, 0) is 6.42 Å². The lowest BCUT2D eigenvalue weighted by Gasteiger charge is -2.05. The highest BCUT2D eigenvalue weighted by atomic mass is 19.1. The molecule has 1 aromatic rings. The fourth-order valence-electron chi connectivity index (χ4n) is 1.75. The first-order chi connectivity index (χ1) is 7.79. The van der Waals surface area contributed by atoms with Crippen LogP contribution >= 0.6 is 0 Å². The molecule has 16 heavy (non-hydrogen) atoms. The lowest BCUT2D eigenvalue weighted by atomic mass is 10.1. The molecule has 1 aliphatic rings. The van der Waals surface area contributed by atoms with Crippen LogP contribution in [0.3, 0.4) is 0 Å². The van der Waals surface area contributed by atoms with Gasteiger partial charge in [0.05, 0.1) is 7.11 Å². The molecule has 3 heteroatoms. The molecule has 0 amide bonds. The van der Waals surface area contributed by atoms with Gasteiger partial charge in [0.1, 0.15) is 0 Å². The van der Waals surface area contributed by atoms with Crippen LogP contribution < -0.4 is 10.1 Å². The Balaban J connectivity index is 1.77. The van der Waals surface area contributed by atoms with E-state index in [9.17, 15) is 4.39 Å². The molecule has 2 rings (SSSR count). The van der Waals surface area contributed by atoms with Gasteiger partial charge in [-0.1, -0.05) is 6.07 Å². The molecule has 0 bridgehead atoms. The van der Waals surface area contributed by atoms with E-state index < -0.39 is 0 Å². The Morgan fingerprint density at radius 3 is 2.88 bits per heavy atom. The average molecular weight is 223 g/mol. The SMILES string of the molecule is COc1ccc(CCCNC2CC2)cc1F. The summed E-state index contributed by atoms with van der Waals surface area (Å²) in [4.78, 5) is 0. The number of hydrogen-bond acceptors (Lipinski definition) is 2. The molecule has 88 valence electrons. The maximum absolute atomic E-state index is 13.4. The van der Waals surface area contributed by atoms with Crippen molar-refractivity contribution in [2.24, 2.45) is 0 Å². The zero-order valence-corrected chi connectivity index (χ0v) is 9.63. The second kappa shape index (κ2) is 5.30. The van der Waals surface area contributed by atoms with Crippen LogP contribution in [0.15, 0.2) is 18.2 Å². The fraction of sp³-hybridized carbons (Fsp3) is 0.538. The number of rotatable bonds is 6. The third-order valence-corrected chi connectivity index (χ3v) is 2.87. The van der Waals surface area contributed by atoms with E-state index in [0.717, 1.165) is 31.0 Å². The number of halogens is 1. The number of hydrogen-bond donors (Lipinski definition) is 1. The third-order valence-electron chi connectivity index (χ3n) is 2.87.